The molecule has 29 heavy (non-hydrogen) atoms. The lowest BCUT2D eigenvalue weighted by molar-refractivity contribution is -0.127. The topological polar surface area (TPSA) is 127 Å². The summed E-state index contributed by atoms with van der Waals surface area (Å²) in [7, 11) is 0. The molecule has 1 aromatic heterocycles. The van der Waals surface area contributed by atoms with Gasteiger partial charge in [-0.2, -0.15) is 5.26 Å². The number of rotatable bonds is 6. The maximum atomic E-state index is 13.7. The molecule has 0 aliphatic carbocycles. The number of piperidine rings is 1. The second-order valence-electron chi connectivity index (χ2n) is 6.83. The Kier molecular flexibility index (Phi) is 6.07. The zero-order chi connectivity index (χ0) is 21.0. The van der Waals surface area contributed by atoms with Gasteiger partial charge in [-0.1, -0.05) is 0 Å². The Morgan fingerprint density at radius 3 is 2.83 bits per heavy atom. The fourth-order valence-electron chi connectivity index (χ4n) is 3.28. The van der Waals surface area contributed by atoms with Gasteiger partial charge < -0.3 is 20.9 Å². The van der Waals surface area contributed by atoms with Gasteiger partial charge in [-0.25, -0.2) is 8.78 Å². The van der Waals surface area contributed by atoms with Gasteiger partial charge in [-0.3, -0.25) is 14.4 Å². The molecule has 1 aliphatic heterocycles. The van der Waals surface area contributed by atoms with E-state index in [4.69, 9.17) is 0 Å². The normalized spacial score (nSPS) is 17.3. The predicted octanol–water partition coefficient (Wildman–Crippen LogP) is 1.10. The number of nitrogens with zero attached hydrogens (tertiary/aromatic N) is 1. The molecule has 3 rings (SSSR count). The summed E-state index contributed by atoms with van der Waals surface area (Å²) >= 11 is 0. The zero-order valence-corrected chi connectivity index (χ0v) is 15.4. The number of halogens is 2. The van der Waals surface area contributed by atoms with Crippen LogP contribution >= 0.6 is 0 Å². The van der Waals surface area contributed by atoms with Crippen molar-refractivity contribution in [2.75, 3.05) is 13.1 Å². The lowest BCUT2D eigenvalue weighted by Crippen LogP contribution is -2.44. The Bertz CT molecular complexity index is 998. The molecule has 1 saturated heterocycles. The van der Waals surface area contributed by atoms with Crippen molar-refractivity contribution in [3.63, 3.8) is 0 Å². The van der Waals surface area contributed by atoms with E-state index in [0.717, 1.165) is 12.5 Å². The van der Waals surface area contributed by atoms with Gasteiger partial charge in [0.2, 0.25) is 11.8 Å². The minimum atomic E-state index is -0.863. The van der Waals surface area contributed by atoms with Crippen molar-refractivity contribution in [2.24, 2.45) is 5.92 Å². The Morgan fingerprint density at radius 2 is 2.10 bits per heavy atom. The van der Waals surface area contributed by atoms with Gasteiger partial charge in [0.05, 0.1) is 18.1 Å². The van der Waals surface area contributed by atoms with Gasteiger partial charge in [0.25, 0.3) is 5.91 Å². The third kappa shape index (κ3) is 4.87. The molecular weight excluding hydrogens is 384 g/mol. The number of benzene rings is 1. The molecule has 0 bridgehead atoms. The van der Waals surface area contributed by atoms with Crippen molar-refractivity contribution in [2.45, 2.75) is 25.3 Å². The summed E-state index contributed by atoms with van der Waals surface area (Å²) in [6.07, 6.45) is 1.65. The monoisotopic (exact) mass is 403 g/mol. The van der Waals surface area contributed by atoms with Crippen molar-refractivity contribution in [1.82, 2.24) is 20.9 Å². The first-order valence-corrected chi connectivity index (χ1v) is 9.10. The van der Waals surface area contributed by atoms with Crippen LogP contribution in [0.2, 0.25) is 0 Å². The summed E-state index contributed by atoms with van der Waals surface area (Å²) in [6, 6.07) is 4.13. The molecule has 2 heterocycles. The molecule has 0 saturated carbocycles. The average molecular weight is 403 g/mol. The highest BCUT2D eigenvalue weighted by atomic mass is 19.1. The maximum absolute atomic E-state index is 13.7. The van der Waals surface area contributed by atoms with Gasteiger partial charge in [-0.05, 0) is 31.4 Å². The second-order valence-corrected chi connectivity index (χ2v) is 6.83. The van der Waals surface area contributed by atoms with Crippen molar-refractivity contribution in [3.05, 3.63) is 35.5 Å². The summed E-state index contributed by atoms with van der Waals surface area (Å²) in [6.45, 7) is 0.190. The van der Waals surface area contributed by atoms with Crippen LogP contribution in [0.5, 0.6) is 0 Å². The maximum Gasteiger partial charge on any atom is 0.268 e. The minimum absolute atomic E-state index is 0.0173. The molecule has 1 aliphatic rings. The Morgan fingerprint density at radius 1 is 1.31 bits per heavy atom. The molecule has 10 heteroatoms. The smallest absolute Gasteiger partial charge is 0.268 e. The fraction of sp³-hybridized carbons (Fsp3) is 0.368. The summed E-state index contributed by atoms with van der Waals surface area (Å²) in [5, 5.41) is 16.9. The number of nitriles is 1. The molecule has 4 N–H and O–H groups in total. The number of nitrogens with one attached hydrogen (secondary N) is 4. The van der Waals surface area contributed by atoms with E-state index in [1.54, 1.807) is 0 Å². The number of amides is 3. The minimum Gasteiger partial charge on any atom is -0.356 e. The molecule has 3 amide bonds. The first-order chi connectivity index (χ1) is 13.9. The molecule has 1 aromatic carbocycles. The number of aromatic nitrogens is 1. The van der Waals surface area contributed by atoms with E-state index < -0.39 is 36.0 Å². The van der Waals surface area contributed by atoms with Crippen molar-refractivity contribution < 1.29 is 23.2 Å². The van der Waals surface area contributed by atoms with E-state index in [1.807, 2.05) is 6.07 Å². The lowest BCUT2D eigenvalue weighted by Gasteiger charge is -2.23. The van der Waals surface area contributed by atoms with E-state index in [-0.39, 0.29) is 34.8 Å². The van der Waals surface area contributed by atoms with Crippen LogP contribution in [0, 0.1) is 28.9 Å². The first-order valence-electron chi connectivity index (χ1n) is 9.10. The molecule has 2 atom stereocenters. The Hall–Kier alpha value is -3.48. The number of fused-ring (bicyclic) bond motifs is 1. The number of hydrogen-bond acceptors (Lipinski definition) is 4. The van der Waals surface area contributed by atoms with Crippen molar-refractivity contribution >= 4 is 28.6 Å². The second kappa shape index (κ2) is 8.68. The van der Waals surface area contributed by atoms with E-state index in [2.05, 4.69) is 20.9 Å². The van der Waals surface area contributed by atoms with E-state index in [1.165, 1.54) is 6.07 Å². The Balaban J connectivity index is 1.54. The third-order valence-electron chi connectivity index (χ3n) is 4.71. The van der Waals surface area contributed by atoms with Crippen LogP contribution in [0.4, 0.5) is 8.78 Å². The van der Waals surface area contributed by atoms with Crippen LogP contribution < -0.4 is 16.0 Å². The standard InChI is InChI=1S/C19H19F2N5O3/c20-12-4-11-6-15(26-17(11)14(21)7-12)19(29)24-9-16(27)25-13(8-22)5-10-2-1-3-23-18(10)28/h4,6-7,10,13,26H,1-3,5,9H2,(H,23,28)(H,24,29)(H,25,27)/t10-,13-/m0/s1. The average Bonchev–Trinajstić information content (AvgIpc) is 3.11. The Labute approximate surface area is 164 Å². The van der Waals surface area contributed by atoms with Crippen LogP contribution in [0.15, 0.2) is 18.2 Å². The summed E-state index contributed by atoms with van der Waals surface area (Å²) in [5.41, 5.74) is -0.0516. The molecule has 152 valence electrons. The fourth-order valence-corrected chi connectivity index (χ4v) is 3.28. The van der Waals surface area contributed by atoms with Crippen LogP contribution in [-0.2, 0) is 9.59 Å². The predicted molar refractivity (Wildman–Crippen MR) is 98.4 cm³/mol. The van der Waals surface area contributed by atoms with E-state index in [9.17, 15) is 28.4 Å². The van der Waals surface area contributed by atoms with Gasteiger partial charge in [0.15, 0.2) is 0 Å². The van der Waals surface area contributed by atoms with Crippen molar-refractivity contribution in [3.8, 4) is 6.07 Å². The SMILES string of the molecule is N#C[C@H](C[C@@H]1CCCNC1=O)NC(=O)CNC(=O)c1cc2cc(F)cc(F)c2[nH]1. The van der Waals surface area contributed by atoms with Crippen LogP contribution in [0.25, 0.3) is 10.9 Å². The van der Waals surface area contributed by atoms with Crippen LogP contribution in [0.1, 0.15) is 29.8 Å². The number of carbonyl (C=O) groups is 3. The van der Waals surface area contributed by atoms with E-state index >= 15 is 0 Å². The van der Waals surface area contributed by atoms with Crippen LogP contribution in [0.3, 0.4) is 0 Å². The highest BCUT2D eigenvalue weighted by Crippen LogP contribution is 2.20. The molecule has 0 spiro atoms. The molecule has 8 nitrogen and oxygen atoms in total. The summed E-state index contributed by atoms with van der Waals surface area (Å²) in [5.74, 6) is -3.37. The van der Waals surface area contributed by atoms with Gasteiger partial charge in [0, 0.05) is 23.9 Å². The molecule has 1 fully saturated rings. The number of carbonyl (C=O) groups excluding carboxylic acids is 3. The number of H-pyrrole nitrogens is 1. The zero-order valence-electron chi connectivity index (χ0n) is 15.4. The molecule has 2 aromatic rings. The van der Waals surface area contributed by atoms with E-state index in [0.29, 0.717) is 19.0 Å². The number of aromatic amines is 1. The molecule has 0 radical (unpaired) electrons. The largest absolute Gasteiger partial charge is 0.356 e. The van der Waals surface area contributed by atoms with Crippen molar-refractivity contribution in [1.29, 1.82) is 5.26 Å². The summed E-state index contributed by atoms with van der Waals surface area (Å²) in [4.78, 5) is 38.5. The highest BCUT2D eigenvalue weighted by Gasteiger charge is 2.26. The number of hydrogen-bond donors (Lipinski definition) is 4. The van der Waals surface area contributed by atoms with Gasteiger partial charge >= 0.3 is 0 Å². The first kappa shape index (κ1) is 20.3. The summed E-state index contributed by atoms with van der Waals surface area (Å²) < 4.78 is 27.0. The highest BCUT2D eigenvalue weighted by molar-refractivity contribution is 5.99. The van der Waals surface area contributed by atoms with Gasteiger partial charge in [0.1, 0.15) is 23.4 Å². The third-order valence-corrected chi connectivity index (χ3v) is 4.71. The molecule has 0 unspecified atom stereocenters. The lowest BCUT2D eigenvalue weighted by atomic mass is 9.92. The van der Waals surface area contributed by atoms with Gasteiger partial charge in [-0.15, -0.1) is 0 Å². The quantitative estimate of drug-likeness (QED) is 0.576. The van der Waals surface area contributed by atoms with Crippen LogP contribution in [-0.4, -0.2) is 41.8 Å². The molecular formula is C19H19F2N5O3.